The summed E-state index contributed by atoms with van der Waals surface area (Å²) in [5.74, 6) is -0.903. The fraction of sp³-hybridized carbons (Fsp3) is 0.286. The fourth-order valence-electron chi connectivity index (χ4n) is 2.02. The van der Waals surface area contributed by atoms with Crippen LogP contribution < -0.4 is 10.9 Å². The molecule has 0 aromatic heterocycles. The summed E-state index contributed by atoms with van der Waals surface area (Å²) >= 11 is 0. The Balaban J connectivity index is 1.78. The summed E-state index contributed by atoms with van der Waals surface area (Å²) < 4.78 is 0. The molecule has 2 rings (SSSR count). The first-order valence-electron chi connectivity index (χ1n) is 6.88. The van der Waals surface area contributed by atoms with Crippen molar-refractivity contribution < 1.29 is 14.5 Å². The maximum absolute atomic E-state index is 11.7. The second-order valence-corrected chi connectivity index (χ2v) is 4.96. The number of non-ortho nitro benzene ring substituents is 1. The summed E-state index contributed by atoms with van der Waals surface area (Å²) in [6, 6.07) is 5.75. The van der Waals surface area contributed by atoms with Crippen molar-refractivity contribution in [2.24, 2.45) is 16.1 Å². The number of rotatable bonds is 6. The van der Waals surface area contributed by atoms with E-state index >= 15 is 0 Å². The van der Waals surface area contributed by atoms with Crippen molar-refractivity contribution in [1.29, 1.82) is 0 Å². The Morgan fingerprint density at radius 2 is 2.17 bits per heavy atom. The van der Waals surface area contributed by atoms with E-state index in [4.69, 9.17) is 0 Å². The van der Waals surface area contributed by atoms with Gasteiger partial charge in [0.2, 0.25) is 11.8 Å². The molecular weight excluding hydrogens is 302 g/mol. The minimum Gasteiger partial charge on any atom is -0.273 e. The number of amides is 2. The molecule has 0 spiro atoms. The van der Waals surface area contributed by atoms with E-state index in [-0.39, 0.29) is 29.8 Å². The number of nitro benzene ring substituents is 1. The van der Waals surface area contributed by atoms with Gasteiger partial charge in [0, 0.05) is 24.3 Å². The lowest BCUT2D eigenvalue weighted by atomic mass is 9.99. The van der Waals surface area contributed by atoms with Gasteiger partial charge in [0.1, 0.15) is 0 Å². The quantitative estimate of drug-likeness (QED) is 0.460. The van der Waals surface area contributed by atoms with Gasteiger partial charge in [-0.3, -0.25) is 19.7 Å². The maximum Gasteiger partial charge on any atom is 0.269 e. The molecule has 120 valence electrons. The van der Waals surface area contributed by atoms with Crippen LogP contribution in [-0.4, -0.2) is 28.7 Å². The maximum atomic E-state index is 11.7. The van der Waals surface area contributed by atoms with E-state index in [2.05, 4.69) is 21.1 Å². The Labute approximate surface area is 131 Å². The molecule has 1 unspecified atom stereocenters. The number of carbonyl (C=O) groups excluding carboxylic acids is 2. The molecule has 0 aliphatic carbocycles. The van der Waals surface area contributed by atoms with Gasteiger partial charge in [0.25, 0.3) is 5.69 Å². The number of carbonyl (C=O) groups is 2. The highest BCUT2D eigenvalue weighted by Gasteiger charge is 2.26. The molecule has 1 aliphatic rings. The summed E-state index contributed by atoms with van der Waals surface area (Å²) in [5, 5.41) is 18.1. The van der Waals surface area contributed by atoms with Crippen LogP contribution in [0.1, 0.15) is 25.3 Å². The number of nitro groups is 1. The highest BCUT2D eigenvalue weighted by Crippen LogP contribution is 2.13. The first-order valence-corrected chi connectivity index (χ1v) is 6.88. The van der Waals surface area contributed by atoms with E-state index in [0.29, 0.717) is 17.7 Å². The highest BCUT2D eigenvalue weighted by atomic mass is 16.6. The largest absolute Gasteiger partial charge is 0.273 e. The number of hydrogen-bond acceptors (Lipinski definition) is 6. The molecule has 1 aromatic carbocycles. The van der Waals surface area contributed by atoms with Crippen LogP contribution in [0.15, 0.2) is 34.5 Å². The Morgan fingerprint density at radius 3 is 2.74 bits per heavy atom. The van der Waals surface area contributed by atoms with Crippen molar-refractivity contribution in [2.45, 2.75) is 19.8 Å². The third kappa shape index (κ3) is 4.43. The molecule has 0 fully saturated rings. The van der Waals surface area contributed by atoms with E-state index in [1.54, 1.807) is 6.92 Å². The molecule has 23 heavy (non-hydrogen) atoms. The van der Waals surface area contributed by atoms with E-state index in [1.807, 2.05) is 0 Å². The Morgan fingerprint density at radius 1 is 1.48 bits per heavy atom. The van der Waals surface area contributed by atoms with Crippen LogP contribution >= 0.6 is 0 Å². The molecule has 2 N–H and O–H groups in total. The van der Waals surface area contributed by atoms with Crippen LogP contribution in [0.25, 0.3) is 0 Å². The van der Waals surface area contributed by atoms with Crippen molar-refractivity contribution in [3.05, 3.63) is 39.9 Å². The van der Waals surface area contributed by atoms with Crippen LogP contribution in [0.3, 0.4) is 0 Å². The highest BCUT2D eigenvalue weighted by molar-refractivity contribution is 6.07. The molecular formula is C14H15N5O4. The van der Waals surface area contributed by atoms with Gasteiger partial charge >= 0.3 is 0 Å². The van der Waals surface area contributed by atoms with Gasteiger partial charge in [0.05, 0.1) is 17.1 Å². The van der Waals surface area contributed by atoms with Gasteiger partial charge in [-0.25, -0.2) is 10.9 Å². The molecule has 0 saturated heterocycles. The van der Waals surface area contributed by atoms with Crippen LogP contribution in [0.4, 0.5) is 5.69 Å². The summed E-state index contributed by atoms with van der Waals surface area (Å²) in [5.41, 5.74) is 5.98. The molecule has 1 atom stereocenters. The van der Waals surface area contributed by atoms with E-state index < -0.39 is 4.92 Å². The molecule has 2 amide bonds. The zero-order valence-electron chi connectivity index (χ0n) is 12.4. The normalized spacial score (nSPS) is 17.0. The number of nitrogens with zero attached hydrogens (tertiary/aromatic N) is 3. The molecule has 1 aromatic rings. The number of benzene rings is 1. The van der Waals surface area contributed by atoms with Crippen molar-refractivity contribution in [3.8, 4) is 0 Å². The standard InChI is InChI=1S/C14H15N5O4/c1-9-12(14(21)18-16-9)6-7-13(20)17-15-8-10-2-4-11(5-3-10)19(22)23/h2-5,8,12H,6-7H2,1H3,(H,17,20)(H,18,21)/b15-8+. The van der Waals surface area contributed by atoms with Crippen molar-refractivity contribution in [3.63, 3.8) is 0 Å². The summed E-state index contributed by atoms with van der Waals surface area (Å²) in [6.07, 6.45) is 1.89. The minimum absolute atomic E-state index is 0.0157. The van der Waals surface area contributed by atoms with E-state index in [1.165, 1.54) is 30.5 Å². The molecule has 0 radical (unpaired) electrons. The first-order chi connectivity index (χ1) is 11.0. The van der Waals surface area contributed by atoms with E-state index in [0.717, 1.165) is 0 Å². The Bertz CT molecular complexity index is 681. The zero-order chi connectivity index (χ0) is 16.8. The molecule has 0 saturated carbocycles. The third-order valence-corrected chi connectivity index (χ3v) is 3.33. The smallest absolute Gasteiger partial charge is 0.269 e. The van der Waals surface area contributed by atoms with Gasteiger partial charge in [-0.15, -0.1) is 0 Å². The van der Waals surface area contributed by atoms with Gasteiger partial charge in [-0.1, -0.05) is 0 Å². The predicted molar refractivity (Wildman–Crippen MR) is 82.8 cm³/mol. The number of nitrogens with one attached hydrogen (secondary N) is 2. The minimum atomic E-state index is -0.493. The monoisotopic (exact) mass is 317 g/mol. The van der Waals surface area contributed by atoms with Crippen molar-refractivity contribution >= 4 is 29.4 Å². The second kappa shape index (κ2) is 7.25. The van der Waals surface area contributed by atoms with Gasteiger partial charge in [-0.2, -0.15) is 10.2 Å². The van der Waals surface area contributed by atoms with Crippen molar-refractivity contribution in [1.82, 2.24) is 10.9 Å². The number of hydrazone groups is 2. The molecule has 1 aliphatic heterocycles. The summed E-state index contributed by atoms with van der Waals surface area (Å²) in [6.45, 7) is 1.73. The Kier molecular flexibility index (Phi) is 5.13. The molecule has 9 nitrogen and oxygen atoms in total. The van der Waals surface area contributed by atoms with Crippen LogP contribution in [0.5, 0.6) is 0 Å². The molecule has 9 heteroatoms. The van der Waals surface area contributed by atoms with Gasteiger partial charge in [-0.05, 0) is 31.0 Å². The lowest BCUT2D eigenvalue weighted by Gasteiger charge is -2.06. The summed E-state index contributed by atoms with van der Waals surface area (Å²) in [4.78, 5) is 33.1. The average Bonchev–Trinajstić information content (AvgIpc) is 2.84. The molecule has 0 bridgehead atoms. The second-order valence-electron chi connectivity index (χ2n) is 4.96. The first kappa shape index (κ1) is 16.3. The topological polar surface area (TPSA) is 126 Å². The Hall–Kier alpha value is -3.10. The third-order valence-electron chi connectivity index (χ3n) is 3.33. The van der Waals surface area contributed by atoms with Crippen molar-refractivity contribution in [2.75, 3.05) is 0 Å². The SMILES string of the molecule is CC1=NNC(=O)C1CCC(=O)N/N=C/c1ccc([N+](=O)[O-])cc1. The van der Waals surface area contributed by atoms with Crippen LogP contribution in [0.2, 0.25) is 0 Å². The predicted octanol–water partition coefficient (Wildman–Crippen LogP) is 0.947. The van der Waals surface area contributed by atoms with Crippen LogP contribution in [-0.2, 0) is 9.59 Å². The van der Waals surface area contributed by atoms with Gasteiger partial charge < -0.3 is 0 Å². The van der Waals surface area contributed by atoms with Crippen LogP contribution in [0, 0.1) is 16.0 Å². The number of hydrogen-bond donors (Lipinski definition) is 2. The lowest BCUT2D eigenvalue weighted by molar-refractivity contribution is -0.384. The van der Waals surface area contributed by atoms with Gasteiger partial charge in [0.15, 0.2) is 0 Å². The fourth-order valence-corrected chi connectivity index (χ4v) is 2.02. The summed E-state index contributed by atoms with van der Waals surface area (Å²) in [7, 11) is 0. The lowest BCUT2D eigenvalue weighted by Crippen LogP contribution is -2.25. The van der Waals surface area contributed by atoms with E-state index in [9.17, 15) is 19.7 Å². The zero-order valence-corrected chi connectivity index (χ0v) is 12.4. The average molecular weight is 317 g/mol. The molecule has 1 heterocycles.